The second kappa shape index (κ2) is 59.5. The van der Waals surface area contributed by atoms with Gasteiger partial charge in [-0.25, -0.2) is 0 Å². The first-order valence-corrected chi connectivity index (χ1v) is 1.40. The monoisotopic (exact) mass is 90.1 g/mol. The molecule has 0 saturated heterocycles. The molecule has 0 aliphatic heterocycles. The summed E-state index contributed by atoms with van der Waals surface area (Å²) in [5, 5.41) is 17.2. The summed E-state index contributed by atoms with van der Waals surface area (Å²) in [6, 6.07) is 0. The normalized spacial score (nSPS) is 3.43. The molecule has 0 aromatic rings. The second-order valence-electron chi connectivity index (χ2n) is 0.289. The van der Waals surface area contributed by atoms with E-state index in [9.17, 15) is 0 Å². The summed E-state index contributed by atoms with van der Waals surface area (Å²) >= 11 is 0. The molecule has 0 aromatic heterocycles. The van der Waals surface area contributed by atoms with Crippen LogP contribution in [0.5, 0.6) is 0 Å². The van der Waals surface area contributed by atoms with Gasteiger partial charge in [0.05, 0.1) is 0 Å². The summed E-state index contributed by atoms with van der Waals surface area (Å²) in [5.74, 6) is 0. The van der Waals surface area contributed by atoms with Crippen molar-refractivity contribution in [1.29, 1.82) is 0 Å². The van der Waals surface area contributed by atoms with Crippen molar-refractivity contribution in [3.63, 3.8) is 0 Å². The van der Waals surface area contributed by atoms with E-state index in [1.54, 1.807) is 6.92 Å². The van der Waals surface area contributed by atoms with Crippen LogP contribution in [0.4, 0.5) is 0 Å². The molecule has 4 heteroatoms. The summed E-state index contributed by atoms with van der Waals surface area (Å²) in [7, 11) is 0.750. The van der Waals surface area contributed by atoms with Crippen LogP contribution < -0.4 is 47.9 Å². The zero-order valence-corrected chi connectivity index (χ0v) is 5.52. The largest absolute Gasteiger partial charge is 1.00 e. The van der Waals surface area contributed by atoms with Gasteiger partial charge in [0.15, 0.2) is 0 Å². The third-order valence-corrected chi connectivity index (χ3v) is 0. The van der Waals surface area contributed by atoms with Gasteiger partial charge in [0.25, 0.3) is 0 Å². The van der Waals surface area contributed by atoms with E-state index < -0.39 is 0 Å². The third kappa shape index (κ3) is 150. The van der Waals surface area contributed by atoms with Crippen LogP contribution in [0.25, 0.3) is 0 Å². The summed E-state index contributed by atoms with van der Waals surface area (Å²) in [5.41, 5.74) is 0. The molecule has 0 spiro atoms. The Morgan fingerprint density at radius 3 is 1.14 bits per heavy atom. The topological polar surface area (TPSA) is 46.1 Å². The van der Waals surface area contributed by atoms with Crippen molar-refractivity contribution in [2.24, 2.45) is 0 Å². The van der Waals surface area contributed by atoms with Gasteiger partial charge in [-0.1, -0.05) is 6.92 Å². The quantitative estimate of drug-likeness (QED) is 0.277. The summed E-state index contributed by atoms with van der Waals surface area (Å²) in [6.45, 7) is 1.57. The van der Waals surface area contributed by atoms with Crippen molar-refractivity contribution in [2.45, 2.75) is 6.92 Å². The Hall–Kier alpha value is 1.11. The molecular formula is C3H8Li2O2. The Morgan fingerprint density at radius 2 is 1.14 bits per heavy atom. The van der Waals surface area contributed by atoms with Crippen molar-refractivity contribution in [2.75, 3.05) is 13.7 Å². The Kier molecular flexibility index (Phi) is 206. The van der Waals surface area contributed by atoms with Crippen molar-refractivity contribution >= 4 is 0 Å². The molecule has 0 rings (SSSR count). The standard InChI is InChI=1S/C2H5O.CH3O.2Li/c1-2-3;1-2;;/h2H2,1H3;1H3;;/q2*-1;2*+1. The zero-order valence-electron chi connectivity index (χ0n) is 5.52. The van der Waals surface area contributed by atoms with E-state index in [1.165, 1.54) is 0 Å². The summed E-state index contributed by atoms with van der Waals surface area (Å²) < 4.78 is 0. The van der Waals surface area contributed by atoms with E-state index in [2.05, 4.69) is 0 Å². The minimum atomic E-state index is 0. The Labute approximate surface area is 68.7 Å². The first-order chi connectivity index (χ1) is 2.41. The van der Waals surface area contributed by atoms with Gasteiger partial charge in [-0.15, -0.1) is 6.61 Å². The van der Waals surface area contributed by atoms with Crippen molar-refractivity contribution < 1.29 is 47.9 Å². The van der Waals surface area contributed by atoms with Crippen LogP contribution >= 0.6 is 0 Å². The van der Waals surface area contributed by atoms with Crippen LogP contribution in [0.2, 0.25) is 0 Å². The van der Waals surface area contributed by atoms with Gasteiger partial charge in [-0.3, -0.25) is 0 Å². The minimum absolute atomic E-state index is 0. The molecule has 0 unspecified atom stereocenters. The van der Waals surface area contributed by atoms with Gasteiger partial charge >= 0.3 is 37.7 Å². The molecule has 0 fully saturated rings. The second-order valence-corrected chi connectivity index (χ2v) is 0.289. The molecule has 7 heavy (non-hydrogen) atoms. The van der Waals surface area contributed by atoms with Crippen LogP contribution in [-0.2, 0) is 0 Å². The van der Waals surface area contributed by atoms with E-state index >= 15 is 0 Å². The Bertz CT molecular complexity index is 10.9. The molecule has 0 atom stereocenters. The van der Waals surface area contributed by atoms with E-state index in [-0.39, 0.29) is 44.3 Å². The molecule has 0 saturated carbocycles. The molecule has 0 heterocycles. The number of hydrogen-bond donors (Lipinski definition) is 0. The van der Waals surface area contributed by atoms with Crippen LogP contribution in [-0.4, -0.2) is 13.7 Å². The fourth-order valence-electron chi connectivity index (χ4n) is 0. The van der Waals surface area contributed by atoms with Crippen molar-refractivity contribution in [3.8, 4) is 0 Å². The number of hydrogen-bond acceptors (Lipinski definition) is 2. The smallest absolute Gasteiger partial charge is 0.857 e. The van der Waals surface area contributed by atoms with Crippen LogP contribution in [0.3, 0.4) is 0 Å². The van der Waals surface area contributed by atoms with Crippen molar-refractivity contribution in [3.05, 3.63) is 0 Å². The van der Waals surface area contributed by atoms with Gasteiger partial charge in [0, 0.05) is 0 Å². The van der Waals surface area contributed by atoms with Crippen LogP contribution in [0, 0.1) is 0 Å². The third-order valence-electron chi connectivity index (χ3n) is 0. The van der Waals surface area contributed by atoms with Gasteiger partial charge < -0.3 is 10.2 Å². The molecule has 0 aliphatic carbocycles. The van der Waals surface area contributed by atoms with Crippen molar-refractivity contribution in [1.82, 2.24) is 0 Å². The number of rotatable bonds is 0. The van der Waals surface area contributed by atoms with Crippen LogP contribution in [0.15, 0.2) is 0 Å². The fraction of sp³-hybridized carbons (Fsp3) is 1.00. The van der Waals surface area contributed by atoms with E-state index in [1.807, 2.05) is 0 Å². The predicted octanol–water partition coefficient (Wildman–Crippen LogP) is -7.65. The van der Waals surface area contributed by atoms with E-state index in [0.29, 0.717) is 0 Å². The Morgan fingerprint density at radius 1 is 1.14 bits per heavy atom. The van der Waals surface area contributed by atoms with Gasteiger partial charge in [0.1, 0.15) is 0 Å². The van der Waals surface area contributed by atoms with Crippen LogP contribution in [0.1, 0.15) is 6.92 Å². The summed E-state index contributed by atoms with van der Waals surface area (Å²) in [6.07, 6.45) is 0. The summed E-state index contributed by atoms with van der Waals surface area (Å²) in [4.78, 5) is 0. The van der Waals surface area contributed by atoms with E-state index in [4.69, 9.17) is 10.2 Å². The zero-order chi connectivity index (χ0) is 4.71. The average Bonchev–Trinajstić information content (AvgIpc) is 1.46. The van der Waals surface area contributed by atoms with Gasteiger partial charge in [-0.2, -0.15) is 7.11 Å². The van der Waals surface area contributed by atoms with Gasteiger partial charge in [-0.05, 0) is 0 Å². The maximum Gasteiger partial charge on any atom is 1.00 e. The van der Waals surface area contributed by atoms with Gasteiger partial charge in [0.2, 0.25) is 0 Å². The molecule has 0 bridgehead atoms. The molecule has 0 aromatic carbocycles. The molecule has 0 N–H and O–H groups in total. The fourth-order valence-corrected chi connectivity index (χ4v) is 0. The molecule has 34 valence electrons. The van der Waals surface area contributed by atoms with E-state index in [0.717, 1.165) is 7.11 Å². The molecule has 0 aliphatic rings. The average molecular weight is 90.0 g/mol. The predicted molar refractivity (Wildman–Crippen MR) is 16.5 cm³/mol. The maximum atomic E-state index is 8.93. The first-order valence-electron chi connectivity index (χ1n) is 1.40. The Balaban J connectivity index is -0.0000000105. The maximum absolute atomic E-state index is 8.93. The first kappa shape index (κ1) is 24.3. The molecule has 2 nitrogen and oxygen atoms in total. The molecule has 0 amide bonds. The SMILES string of the molecule is CC[O-].C[O-].[Li+].[Li+]. The molecular weight excluding hydrogens is 81.9 g/mol. The minimum Gasteiger partial charge on any atom is -0.857 e. The molecule has 0 radical (unpaired) electrons.